The fourth-order valence-corrected chi connectivity index (χ4v) is 2.78. The van der Waals surface area contributed by atoms with Crippen LogP contribution in [-0.2, 0) is 13.1 Å². The molecule has 0 unspecified atom stereocenters. The first-order valence-corrected chi connectivity index (χ1v) is 8.89. The van der Waals surface area contributed by atoms with E-state index >= 15 is 0 Å². The molecule has 2 aromatic heterocycles. The molecule has 6 nitrogen and oxygen atoms in total. The Morgan fingerprint density at radius 3 is 2.76 bits per heavy atom. The Hall–Kier alpha value is -2.76. The van der Waals surface area contributed by atoms with E-state index in [1.807, 2.05) is 30.6 Å². The molecule has 6 heteroatoms. The molecule has 0 atom stereocenters. The van der Waals surface area contributed by atoms with Crippen molar-refractivity contribution in [3.63, 3.8) is 0 Å². The molecule has 0 spiro atoms. The van der Waals surface area contributed by atoms with Gasteiger partial charge in [-0.1, -0.05) is 12.1 Å². The highest BCUT2D eigenvalue weighted by Crippen LogP contribution is 2.11. The SMILES string of the molecule is CCNC(=NCCCn1cnc2ccccc21)NCCn1cccc1. The van der Waals surface area contributed by atoms with Crippen molar-refractivity contribution >= 4 is 17.0 Å². The van der Waals surface area contributed by atoms with Crippen LogP contribution in [0, 0.1) is 0 Å². The fourth-order valence-electron chi connectivity index (χ4n) is 2.78. The third-order valence-electron chi connectivity index (χ3n) is 4.03. The molecule has 132 valence electrons. The van der Waals surface area contributed by atoms with E-state index in [1.54, 1.807) is 0 Å². The van der Waals surface area contributed by atoms with Gasteiger partial charge in [0, 0.05) is 45.1 Å². The van der Waals surface area contributed by atoms with E-state index in [2.05, 4.69) is 61.2 Å². The predicted octanol–water partition coefficient (Wildman–Crippen LogP) is 2.48. The zero-order chi connectivity index (χ0) is 17.3. The largest absolute Gasteiger partial charge is 0.357 e. The summed E-state index contributed by atoms with van der Waals surface area (Å²) in [5.74, 6) is 0.880. The summed E-state index contributed by atoms with van der Waals surface area (Å²) in [6.07, 6.45) is 7.03. The van der Waals surface area contributed by atoms with Gasteiger partial charge in [0.15, 0.2) is 5.96 Å². The van der Waals surface area contributed by atoms with Crippen molar-refractivity contribution in [1.29, 1.82) is 0 Å². The van der Waals surface area contributed by atoms with Crippen molar-refractivity contribution in [2.24, 2.45) is 4.99 Å². The molecule has 0 radical (unpaired) electrons. The third kappa shape index (κ3) is 4.86. The van der Waals surface area contributed by atoms with Gasteiger partial charge >= 0.3 is 0 Å². The molecule has 25 heavy (non-hydrogen) atoms. The number of imidazole rings is 1. The fraction of sp³-hybridized carbons (Fsp3) is 0.368. The van der Waals surface area contributed by atoms with Gasteiger partial charge in [-0.15, -0.1) is 0 Å². The number of nitrogens with zero attached hydrogens (tertiary/aromatic N) is 4. The zero-order valence-electron chi connectivity index (χ0n) is 14.7. The molecule has 0 amide bonds. The van der Waals surface area contributed by atoms with Crippen LogP contribution in [0.25, 0.3) is 11.0 Å². The van der Waals surface area contributed by atoms with Crippen molar-refractivity contribution in [3.05, 3.63) is 55.1 Å². The van der Waals surface area contributed by atoms with Gasteiger partial charge in [0.25, 0.3) is 0 Å². The number of aryl methyl sites for hydroxylation is 1. The first-order valence-electron chi connectivity index (χ1n) is 8.89. The maximum absolute atomic E-state index is 4.66. The van der Waals surface area contributed by atoms with E-state index in [0.717, 1.165) is 50.6 Å². The van der Waals surface area contributed by atoms with Gasteiger partial charge < -0.3 is 19.8 Å². The van der Waals surface area contributed by atoms with E-state index < -0.39 is 0 Å². The highest BCUT2D eigenvalue weighted by molar-refractivity contribution is 5.79. The quantitative estimate of drug-likeness (QED) is 0.377. The number of aliphatic imine (C=N–C) groups is 1. The lowest BCUT2D eigenvalue weighted by Crippen LogP contribution is -2.38. The Bertz CT molecular complexity index is 787. The summed E-state index contributed by atoms with van der Waals surface area (Å²) in [7, 11) is 0. The average Bonchev–Trinajstić information content (AvgIpc) is 3.28. The maximum Gasteiger partial charge on any atom is 0.191 e. The second kappa shape index (κ2) is 8.92. The van der Waals surface area contributed by atoms with Crippen LogP contribution < -0.4 is 10.6 Å². The predicted molar refractivity (Wildman–Crippen MR) is 103 cm³/mol. The van der Waals surface area contributed by atoms with Gasteiger partial charge in [0.2, 0.25) is 0 Å². The molecule has 0 aliphatic heterocycles. The molecular weight excluding hydrogens is 312 g/mol. The van der Waals surface area contributed by atoms with Crippen molar-refractivity contribution in [3.8, 4) is 0 Å². The molecule has 2 heterocycles. The minimum absolute atomic E-state index is 0.783. The molecule has 0 aliphatic carbocycles. The first-order chi connectivity index (χ1) is 12.4. The number of nitrogens with one attached hydrogen (secondary N) is 2. The normalized spacial score (nSPS) is 11.8. The number of hydrogen-bond acceptors (Lipinski definition) is 2. The summed E-state index contributed by atoms with van der Waals surface area (Å²) in [5, 5.41) is 6.68. The van der Waals surface area contributed by atoms with Gasteiger partial charge in [-0.3, -0.25) is 4.99 Å². The first kappa shape index (κ1) is 17.1. The number of guanidine groups is 1. The van der Waals surface area contributed by atoms with Crippen LogP contribution in [-0.4, -0.2) is 39.7 Å². The van der Waals surface area contributed by atoms with Crippen molar-refractivity contribution in [1.82, 2.24) is 24.8 Å². The van der Waals surface area contributed by atoms with Gasteiger partial charge in [-0.2, -0.15) is 0 Å². The smallest absolute Gasteiger partial charge is 0.191 e. The summed E-state index contributed by atoms with van der Waals surface area (Å²) >= 11 is 0. The molecule has 3 rings (SSSR count). The van der Waals surface area contributed by atoms with Crippen LogP contribution >= 0.6 is 0 Å². The molecule has 0 fully saturated rings. The molecule has 1 aromatic carbocycles. The molecule has 0 bridgehead atoms. The van der Waals surface area contributed by atoms with E-state index in [0.29, 0.717) is 0 Å². The molecular formula is C19H26N6. The number of para-hydroxylation sites is 2. The monoisotopic (exact) mass is 338 g/mol. The van der Waals surface area contributed by atoms with Gasteiger partial charge in [-0.25, -0.2) is 4.98 Å². The maximum atomic E-state index is 4.66. The Kier molecular flexibility index (Phi) is 6.09. The minimum Gasteiger partial charge on any atom is -0.357 e. The Labute approximate surface area is 148 Å². The number of aromatic nitrogens is 3. The van der Waals surface area contributed by atoms with E-state index in [9.17, 15) is 0 Å². The highest BCUT2D eigenvalue weighted by Gasteiger charge is 2.01. The lowest BCUT2D eigenvalue weighted by atomic mass is 10.3. The third-order valence-corrected chi connectivity index (χ3v) is 4.03. The van der Waals surface area contributed by atoms with E-state index in [-0.39, 0.29) is 0 Å². The molecule has 0 aliphatic rings. The highest BCUT2D eigenvalue weighted by atomic mass is 15.2. The second-order valence-corrected chi connectivity index (χ2v) is 5.89. The number of rotatable bonds is 8. The summed E-state index contributed by atoms with van der Waals surface area (Å²) in [4.78, 5) is 9.09. The lowest BCUT2D eigenvalue weighted by molar-refractivity contribution is 0.650. The van der Waals surface area contributed by atoms with Crippen LogP contribution in [0.2, 0.25) is 0 Å². The minimum atomic E-state index is 0.783. The Morgan fingerprint density at radius 1 is 1.08 bits per heavy atom. The standard InChI is InChI=1S/C19H26N6/c1-2-20-19(22-11-15-24-12-5-6-13-24)21-10-7-14-25-16-23-17-8-3-4-9-18(17)25/h3-6,8-9,12-13,16H,2,7,10-11,14-15H2,1H3,(H2,20,21,22). The van der Waals surface area contributed by atoms with Crippen LogP contribution in [0.4, 0.5) is 0 Å². The number of benzene rings is 1. The molecule has 2 N–H and O–H groups in total. The van der Waals surface area contributed by atoms with Gasteiger partial charge in [0.1, 0.15) is 0 Å². The van der Waals surface area contributed by atoms with E-state index in [1.165, 1.54) is 5.52 Å². The lowest BCUT2D eigenvalue weighted by Gasteiger charge is -2.12. The Balaban J connectivity index is 1.46. The van der Waals surface area contributed by atoms with Crippen molar-refractivity contribution in [2.75, 3.05) is 19.6 Å². The second-order valence-electron chi connectivity index (χ2n) is 5.89. The summed E-state index contributed by atoms with van der Waals surface area (Å²) < 4.78 is 4.35. The summed E-state index contributed by atoms with van der Waals surface area (Å²) in [6.45, 7) is 6.44. The van der Waals surface area contributed by atoms with Gasteiger partial charge in [0.05, 0.1) is 17.4 Å². The van der Waals surface area contributed by atoms with Crippen molar-refractivity contribution < 1.29 is 0 Å². The van der Waals surface area contributed by atoms with Crippen LogP contribution in [0.5, 0.6) is 0 Å². The molecule has 0 saturated heterocycles. The van der Waals surface area contributed by atoms with Crippen LogP contribution in [0.3, 0.4) is 0 Å². The molecule has 0 saturated carbocycles. The van der Waals surface area contributed by atoms with Crippen LogP contribution in [0.15, 0.2) is 60.1 Å². The summed E-state index contributed by atoms with van der Waals surface area (Å²) in [5.41, 5.74) is 2.23. The topological polar surface area (TPSA) is 59.2 Å². The van der Waals surface area contributed by atoms with E-state index in [4.69, 9.17) is 0 Å². The number of hydrogen-bond donors (Lipinski definition) is 2. The molecule has 3 aromatic rings. The Morgan fingerprint density at radius 2 is 1.92 bits per heavy atom. The average molecular weight is 338 g/mol. The van der Waals surface area contributed by atoms with Crippen LogP contribution in [0.1, 0.15) is 13.3 Å². The van der Waals surface area contributed by atoms with Gasteiger partial charge in [-0.05, 0) is 37.6 Å². The number of fused-ring (bicyclic) bond motifs is 1. The summed E-state index contributed by atoms with van der Waals surface area (Å²) in [6, 6.07) is 12.3. The van der Waals surface area contributed by atoms with Crippen molar-refractivity contribution in [2.45, 2.75) is 26.4 Å². The zero-order valence-corrected chi connectivity index (χ0v) is 14.7.